The van der Waals surface area contributed by atoms with E-state index < -0.39 is 0 Å². The van der Waals surface area contributed by atoms with Crippen LogP contribution in [0.5, 0.6) is 0 Å². The van der Waals surface area contributed by atoms with E-state index in [1.54, 1.807) is 12.1 Å². The lowest BCUT2D eigenvalue weighted by Gasteiger charge is -2.09. The van der Waals surface area contributed by atoms with E-state index in [-0.39, 0.29) is 18.2 Å². The molecule has 134 valence electrons. The Bertz CT molecular complexity index is 774. The van der Waals surface area contributed by atoms with E-state index >= 15 is 0 Å². The van der Waals surface area contributed by atoms with Crippen LogP contribution in [0.1, 0.15) is 23.1 Å². The van der Waals surface area contributed by atoms with E-state index in [4.69, 9.17) is 0 Å². The molecule has 3 heteroatoms. The van der Waals surface area contributed by atoms with Gasteiger partial charge in [-0.3, -0.25) is 0 Å². The van der Waals surface area contributed by atoms with Gasteiger partial charge in [-0.15, -0.1) is 12.4 Å². The van der Waals surface area contributed by atoms with Crippen molar-refractivity contribution in [3.8, 4) is 0 Å². The molecule has 0 aliphatic rings. The summed E-state index contributed by atoms with van der Waals surface area (Å²) in [7, 11) is 0. The average Bonchev–Trinajstić information content (AvgIpc) is 2.66. The van der Waals surface area contributed by atoms with Crippen molar-refractivity contribution in [3.05, 3.63) is 114 Å². The number of hydrogen-bond donors (Lipinski definition) is 1. The normalized spacial score (nSPS) is 10.0. The molecule has 0 aromatic heterocycles. The molecule has 0 aliphatic heterocycles. The molecule has 1 N–H and O–H groups in total. The zero-order valence-electron chi connectivity index (χ0n) is 14.6. The van der Waals surface area contributed by atoms with E-state index in [0.717, 1.165) is 18.5 Å². The lowest BCUT2D eigenvalue weighted by Crippen LogP contribution is -2.14. The average molecular weight is 368 g/mol. The van der Waals surface area contributed by atoms with Gasteiger partial charge in [0, 0.05) is 6.54 Å². The molecule has 0 amide bonds. The molecule has 3 rings (SSSR count). The molecular weight excluding hydrogens is 345 g/mol. The van der Waals surface area contributed by atoms with Crippen molar-refractivity contribution in [2.24, 2.45) is 0 Å². The fraction of sp³-hybridized carbons (Fsp3) is 0.130. The highest BCUT2D eigenvalue weighted by molar-refractivity contribution is 5.85. The predicted octanol–water partition coefficient (Wildman–Crippen LogP) is 5.86. The molecule has 0 heterocycles. The number of halogens is 2. The zero-order valence-corrected chi connectivity index (χ0v) is 15.4. The van der Waals surface area contributed by atoms with Crippen molar-refractivity contribution in [3.63, 3.8) is 0 Å². The van der Waals surface area contributed by atoms with Crippen LogP contribution in [0.25, 0.3) is 5.57 Å². The molecule has 3 aromatic carbocycles. The first kappa shape index (κ1) is 19.9. The lowest BCUT2D eigenvalue weighted by molar-refractivity contribution is 0.620. The Kier molecular flexibility index (Phi) is 8.07. The summed E-state index contributed by atoms with van der Waals surface area (Å²) in [5.74, 6) is -0.186. The summed E-state index contributed by atoms with van der Waals surface area (Å²) in [6, 6.07) is 27.6. The van der Waals surface area contributed by atoms with Crippen LogP contribution in [0.4, 0.5) is 4.39 Å². The lowest BCUT2D eigenvalue weighted by atomic mass is 9.97. The first-order valence-electron chi connectivity index (χ1n) is 8.59. The van der Waals surface area contributed by atoms with Crippen molar-refractivity contribution in [1.29, 1.82) is 0 Å². The van der Waals surface area contributed by atoms with Crippen molar-refractivity contribution >= 4 is 18.0 Å². The van der Waals surface area contributed by atoms with E-state index in [1.807, 2.05) is 18.2 Å². The Labute approximate surface area is 161 Å². The third-order valence-corrected chi connectivity index (χ3v) is 4.06. The van der Waals surface area contributed by atoms with E-state index in [9.17, 15) is 4.39 Å². The number of hydrogen-bond acceptors (Lipinski definition) is 1. The van der Waals surface area contributed by atoms with Gasteiger partial charge < -0.3 is 5.32 Å². The molecule has 0 bridgehead atoms. The molecule has 0 spiro atoms. The molecule has 0 aliphatic carbocycles. The highest BCUT2D eigenvalue weighted by Gasteiger charge is 2.03. The van der Waals surface area contributed by atoms with Crippen LogP contribution in [-0.2, 0) is 6.54 Å². The molecule has 0 atom stereocenters. The molecule has 26 heavy (non-hydrogen) atoms. The molecular formula is C23H23ClFN. The Morgan fingerprint density at radius 1 is 0.808 bits per heavy atom. The second-order valence-corrected chi connectivity index (χ2v) is 5.95. The molecule has 0 saturated carbocycles. The smallest absolute Gasteiger partial charge is 0.123 e. The Hall–Kier alpha value is -2.42. The van der Waals surface area contributed by atoms with Gasteiger partial charge in [0.25, 0.3) is 0 Å². The first-order chi connectivity index (χ1) is 12.3. The van der Waals surface area contributed by atoms with Gasteiger partial charge >= 0.3 is 0 Å². The van der Waals surface area contributed by atoms with Crippen LogP contribution in [0.3, 0.4) is 0 Å². The maximum atomic E-state index is 13.2. The first-order valence-corrected chi connectivity index (χ1v) is 8.59. The van der Waals surface area contributed by atoms with Crippen LogP contribution in [0, 0.1) is 5.82 Å². The maximum absolute atomic E-state index is 13.2. The molecule has 0 fully saturated rings. The van der Waals surface area contributed by atoms with Gasteiger partial charge in [-0.05, 0) is 47.4 Å². The van der Waals surface area contributed by atoms with Crippen molar-refractivity contribution in [1.82, 2.24) is 5.32 Å². The molecule has 0 saturated heterocycles. The standard InChI is InChI=1S/C23H22FN.ClH/c24-22-14-7-9-19(17-22)18-25-16-8-15-23(20-10-3-1-4-11-20)21-12-5-2-6-13-21;/h1-7,9-15,17,25H,8,16,18H2;1H. The second-order valence-electron chi connectivity index (χ2n) is 5.95. The Balaban J connectivity index is 0.00000243. The van der Waals surface area contributed by atoms with Gasteiger partial charge in [0.2, 0.25) is 0 Å². The van der Waals surface area contributed by atoms with Crippen molar-refractivity contribution in [2.45, 2.75) is 13.0 Å². The van der Waals surface area contributed by atoms with Gasteiger partial charge in [-0.25, -0.2) is 4.39 Å². The van der Waals surface area contributed by atoms with Crippen LogP contribution in [0.15, 0.2) is 91.0 Å². The summed E-state index contributed by atoms with van der Waals surface area (Å²) in [6.07, 6.45) is 3.18. The van der Waals surface area contributed by atoms with Crippen molar-refractivity contribution < 1.29 is 4.39 Å². The monoisotopic (exact) mass is 367 g/mol. The van der Waals surface area contributed by atoms with E-state index in [1.165, 1.54) is 22.8 Å². The topological polar surface area (TPSA) is 12.0 Å². The molecule has 0 unspecified atom stereocenters. The van der Waals surface area contributed by atoms with E-state index in [0.29, 0.717) is 6.54 Å². The molecule has 0 radical (unpaired) electrons. The quantitative estimate of drug-likeness (QED) is 0.516. The van der Waals surface area contributed by atoms with Gasteiger partial charge in [0.15, 0.2) is 0 Å². The van der Waals surface area contributed by atoms with Crippen LogP contribution in [-0.4, -0.2) is 6.54 Å². The fourth-order valence-corrected chi connectivity index (χ4v) is 2.84. The van der Waals surface area contributed by atoms with Gasteiger partial charge in [0.05, 0.1) is 0 Å². The molecule has 3 aromatic rings. The minimum absolute atomic E-state index is 0. The minimum atomic E-state index is -0.186. The Morgan fingerprint density at radius 2 is 1.42 bits per heavy atom. The third-order valence-electron chi connectivity index (χ3n) is 4.06. The summed E-state index contributed by atoms with van der Waals surface area (Å²) in [4.78, 5) is 0. The highest BCUT2D eigenvalue weighted by Crippen LogP contribution is 2.23. The largest absolute Gasteiger partial charge is 0.312 e. The highest BCUT2D eigenvalue weighted by atomic mass is 35.5. The number of benzene rings is 3. The zero-order chi connectivity index (χ0) is 17.3. The second kappa shape index (κ2) is 10.5. The van der Waals surface area contributed by atoms with Gasteiger partial charge in [0.1, 0.15) is 5.82 Å². The number of rotatable bonds is 7. The van der Waals surface area contributed by atoms with E-state index in [2.05, 4.69) is 59.9 Å². The van der Waals surface area contributed by atoms with Crippen LogP contribution in [0.2, 0.25) is 0 Å². The third kappa shape index (κ3) is 5.83. The van der Waals surface area contributed by atoms with Crippen molar-refractivity contribution in [2.75, 3.05) is 6.54 Å². The summed E-state index contributed by atoms with van der Waals surface area (Å²) >= 11 is 0. The number of nitrogens with one attached hydrogen (secondary N) is 1. The Morgan fingerprint density at radius 3 is 2.00 bits per heavy atom. The van der Waals surface area contributed by atoms with Crippen LogP contribution < -0.4 is 5.32 Å². The van der Waals surface area contributed by atoms with Gasteiger partial charge in [-0.1, -0.05) is 78.9 Å². The SMILES string of the molecule is Cl.Fc1cccc(CNCCC=C(c2ccccc2)c2ccccc2)c1. The van der Waals surface area contributed by atoms with Crippen LogP contribution >= 0.6 is 12.4 Å². The summed E-state index contributed by atoms with van der Waals surface area (Å²) < 4.78 is 13.2. The minimum Gasteiger partial charge on any atom is -0.312 e. The maximum Gasteiger partial charge on any atom is 0.123 e. The summed E-state index contributed by atoms with van der Waals surface area (Å²) in [6.45, 7) is 1.53. The van der Waals surface area contributed by atoms with Gasteiger partial charge in [-0.2, -0.15) is 0 Å². The summed E-state index contributed by atoms with van der Waals surface area (Å²) in [5, 5.41) is 3.38. The summed E-state index contributed by atoms with van der Waals surface area (Å²) in [5.41, 5.74) is 4.65. The fourth-order valence-electron chi connectivity index (χ4n) is 2.84. The molecule has 1 nitrogen and oxygen atoms in total. The predicted molar refractivity (Wildman–Crippen MR) is 110 cm³/mol.